The van der Waals surface area contributed by atoms with Crippen molar-refractivity contribution < 1.29 is 9.53 Å². The third-order valence-electron chi connectivity index (χ3n) is 5.34. The average molecular weight is 339 g/mol. The Labute approximate surface area is 148 Å². The summed E-state index contributed by atoms with van der Waals surface area (Å²) in [6.07, 6.45) is 3.01. The van der Waals surface area contributed by atoms with Gasteiger partial charge in [-0.05, 0) is 30.7 Å². The minimum absolute atomic E-state index is 0.0364. The fourth-order valence-corrected chi connectivity index (χ4v) is 3.82. The number of aromatic amines is 1. The number of ether oxygens (including phenoxy) is 1. The van der Waals surface area contributed by atoms with Gasteiger partial charge in [0.25, 0.3) is 5.91 Å². The lowest BCUT2D eigenvalue weighted by molar-refractivity contribution is -0.0955. The van der Waals surface area contributed by atoms with Crippen LogP contribution in [0.15, 0.2) is 30.3 Å². The van der Waals surface area contributed by atoms with E-state index < -0.39 is 0 Å². The molecule has 1 aliphatic carbocycles. The Bertz CT molecular complexity index is 754. The van der Waals surface area contributed by atoms with Crippen LogP contribution in [0.4, 0.5) is 0 Å². The maximum Gasteiger partial charge on any atom is 0.274 e. The van der Waals surface area contributed by atoms with Gasteiger partial charge in [0.15, 0.2) is 5.69 Å². The quantitative estimate of drug-likeness (QED) is 0.934. The van der Waals surface area contributed by atoms with Gasteiger partial charge in [0.2, 0.25) is 0 Å². The van der Waals surface area contributed by atoms with Crippen molar-refractivity contribution in [3.8, 4) is 0 Å². The van der Waals surface area contributed by atoms with E-state index in [9.17, 15) is 4.79 Å². The zero-order valence-electron chi connectivity index (χ0n) is 14.9. The van der Waals surface area contributed by atoms with Crippen LogP contribution in [-0.4, -0.2) is 40.2 Å². The number of hydrogen-bond donors (Lipinski definition) is 1. The molecule has 0 spiro atoms. The summed E-state index contributed by atoms with van der Waals surface area (Å²) in [5, 5.41) is 7.38. The molecule has 2 atom stereocenters. The van der Waals surface area contributed by atoms with Crippen molar-refractivity contribution in [3.63, 3.8) is 0 Å². The van der Waals surface area contributed by atoms with Crippen molar-refractivity contribution in [2.75, 3.05) is 13.1 Å². The van der Waals surface area contributed by atoms with Crippen molar-refractivity contribution in [1.29, 1.82) is 0 Å². The Balaban J connectivity index is 1.60. The lowest BCUT2D eigenvalue weighted by Gasteiger charge is -2.39. The van der Waals surface area contributed by atoms with E-state index in [4.69, 9.17) is 4.74 Å². The van der Waals surface area contributed by atoms with E-state index in [0.29, 0.717) is 24.7 Å². The van der Waals surface area contributed by atoms with E-state index in [1.165, 1.54) is 0 Å². The van der Waals surface area contributed by atoms with Gasteiger partial charge in [0, 0.05) is 17.8 Å². The summed E-state index contributed by atoms with van der Waals surface area (Å²) in [6, 6.07) is 10.2. The molecule has 5 heteroatoms. The number of carbonyl (C=O) groups is 1. The lowest BCUT2D eigenvalue weighted by atomic mass is 10.0. The van der Waals surface area contributed by atoms with Gasteiger partial charge in [-0.2, -0.15) is 5.10 Å². The van der Waals surface area contributed by atoms with Crippen LogP contribution < -0.4 is 0 Å². The molecule has 25 heavy (non-hydrogen) atoms. The normalized spacial score (nSPS) is 23.1. The molecule has 1 amide bonds. The fraction of sp³-hybridized carbons (Fsp3) is 0.500. The number of nitrogens with one attached hydrogen (secondary N) is 1. The van der Waals surface area contributed by atoms with Crippen LogP contribution in [0.5, 0.6) is 0 Å². The van der Waals surface area contributed by atoms with Gasteiger partial charge in [0.05, 0.1) is 12.6 Å². The van der Waals surface area contributed by atoms with Crippen molar-refractivity contribution in [2.45, 2.75) is 45.3 Å². The maximum atomic E-state index is 13.2. The van der Waals surface area contributed by atoms with E-state index in [-0.39, 0.29) is 18.1 Å². The molecule has 1 aromatic carbocycles. The molecule has 1 N–H and O–H groups in total. The number of amides is 1. The van der Waals surface area contributed by atoms with Gasteiger partial charge in [0.1, 0.15) is 6.10 Å². The second-order valence-corrected chi connectivity index (χ2v) is 7.41. The Kier molecular flexibility index (Phi) is 4.34. The minimum atomic E-state index is -0.0849. The van der Waals surface area contributed by atoms with Crippen molar-refractivity contribution in [2.24, 2.45) is 5.92 Å². The zero-order valence-corrected chi connectivity index (χ0v) is 14.9. The third-order valence-corrected chi connectivity index (χ3v) is 5.34. The highest BCUT2D eigenvalue weighted by Crippen LogP contribution is 2.30. The van der Waals surface area contributed by atoms with Crippen LogP contribution in [0.3, 0.4) is 0 Å². The molecule has 5 nitrogen and oxygen atoms in total. The fourth-order valence-electron chi connectivity index (χ4n) is 3.82. The second kappa shape index (κ2) is 6.64. The Hall–Kier alpha value is -2.14. The van der Waals surface area contributed by atoms with Crippen LogP contribution in [0.1, 0.15) is 53.7 Å². The number of H-pyrrole nitrogens is 1. The smallest absolute Gasteiger partial charge is 0.274 e. The van der Waals surface area contributed by atoms with E-state index in [0.717, 1.165) is 36.1 Å². The molecular formula is C20H25N3O2. The molecule has 132 valence electrons. The first kappa shape index (κ1) is 16.3. The molecule has 1 aromatic heterocycles. The molecular weight excluding hydrogens is 314 g/mol. The number of morpholine rings is 1. The number of nitrogens with zero attached hydrogens (tertiary/aromatic N) is 2. The van der Waals surface area contributed by atoms with Crippen molar-refractivity contribution in [1.82, 2.24) is 15.1 Å². The van der Waals surface area contributed by atoms with Crippen LogP contribution in [0, 0.1) is 5.92 Å². The molecule has 2 heterocycles. The molecule has 1 saturated heterocycles. The Morgan fingerprint density at radius 2 is 2.04 bits per heavy atom. The van der Waals surface area contributed by atoms with Gasteiger partial charge in [-0.3, -0.25) is 9.89 Å². The highest BCUT2D eigenvalue weighted by molar-refractivity contribution is 5.94. The predicted octanol–water partition coefficient (Wildman–Crippen LogP) is 3.14. The average Bonchev–Trinajstić information content (AvgIpc) is 3.25. The summed E-state index contributed by atoms with van der Waals surface area (Å²) in [6.45, 7) is 5.50. The number of carbonyl (C=O) groups excluding carboxylic acids is 1. The number of hydrogen-bond acceptors (Lipinski definition) is 3. The number of aryl methyl sites for hydroxylation is 1. The van der Waals surface area contributed by atoms with Crippen LogP contribution in [-0.2, 0) is 17.6 Å². The Morgan fingerprint density at radius 1 is 1.24 bits per heavy atom. The first-order chi connectivity index (χ1) is 12.1. The first-order valence-electron chi connectivity index (χ1n) is 9.19. The molecule has 1 fully saturated rings. The molecule has 1 aliphatic heterocycles. The summed E-state index contributed by atoms with van der Waals surface area (Å²) >= 11 is 0. The predicted molar refractivity (Wildman–Crippen MR) is 95.4 cm³/mol. The highest BCUT2D eigenvalue weighted by atomic mass is 16.5. The molecule has 2 aliphatic rings. The van der Waals surface area contributed by atoms with Gasteiger partial charge in [-0.25, -0.2) is 0 Å². The molecule has 0 saturated carbocycles. The second-order valence-electron chi connectivity index (χ2n) is 7.41. The number of rotatable bonds is 3. The number of benzene rings is 1. The molecule has 2 aromatic rings. The summed E-state index contributed by atoms with van der Waals surface area (Å²) in [7, 11) is 0. The van der Waals surface area contributed by atoms with Gasteiger partial charge in [-0.15, -0.1) is 0 Å². The maximum absolute atomic E-state index is 13.2. The third kappa shape index (κ3) is 3.09. The van der Waals surface area contributed by atoms with Crippen LogP contribution in [0.2, 0.25) is 0 Å². The topological polar surface area (TPSA) is 58.2 Å². The number of fused-ring (bicyclic) bond motifs is 1. The highest BCUT2D eigenvalue weighted by Gasteiger charge is 2.35. The van der Waals surface area contributed by atoms with E-state index >= 15 is 0 Å². The van der Waals surface area contributed by atoms with E-state index in [2.05, 4.69) is 36.2 Å². The van der Waals surface area contributed by atoms with Gasteiger partial charge >= 0.3 is 0 Å². The Morgan fingerprint density at radius 3 is 2.80 bits per heavy atom. The summed E-state index contributed by atoms with van der Waals surface area (Å²) in [5.74, 6) is 0.390. The molecule has 4 rings (SSSR count). The molecule has 2 unspecified atom stereocenters. The standard InChI is InChI=1S/C20H25N3O2/c1-13(2)17-11-23(12-18(25-17)14-7-4-3-5-8-14)20(24)19-15-9-6-10-16(15)21-22-19/h3-5,7-8,13,17-18H,6,9-12H2,1-2H3,(H,21,22). The van der Waals surface area contributed by atoms with Crippen molar-refractivity contribution >= 4 is 5.91 Å². The minimum Gasteiger partial charge on any atom is -0.366 e. The molecule has 0 bridgehead atoms. The SMILES string of the molecule is CC(C)C1CN(C(=O)c2n[nH]c3c2CCC3)CC(c2ccccc2)O1. The summed E-state index contributed by atoms with van der Waals surface area (Å²) in [5.41, 5.74) is 3.99. The van der Waals surface area contributed by atoms with E-state index in [1.807, 2.05) is 23.1 Å². The monoisotopic (exact) mass is 339 g/mol. The largest absolute Gasteiger partial charge is 0.366 e. The van der Waals surface area contributed by atoms with Gasteiger partial charge in [-0.1, -0.05) is 44.2 Å². The zero-order chi connectivity index (χ0) is 17.4. The van der Waals surface area contributed by atoms with E-state index in [1.54, 1.807) is 0 Å². The summed E-state index contributed by atoms with van der Waals surface area (Å²) < 4.78 is 6.30. The van der Waals surface area contributed by atoms with Crippen molar-refractivity contribution in [3.05, 3.63) is 52.8 Å². The van der Waals surface area contributed by atoms with Crippen LogP contribution >= 0.6 is 0 Å². The lowest BCUT2D eigenvalue weighted by Crippen LogP contribution is -2.48. The van der Waals surface area contributed by atoms with Gasteiger partial charge < -0.3 is 9.64 Å². The number of aromatic nitrogens is 2. The molecule has 0 radical (unpaired) electrons. The first-order valence-corrected chi connectivity index (χ1v) is 9.19. The summed E-state index contributed by atoms with van der Waals surface area (Å²) in [4.78, 5) is 15.1. The van der Waals surface area contributed by atoms with Crippen LogP contribution in [0.25, 0.3) is 0 Å².